The highest BCUT2D eigenvalue weighted by Crippen LogP contribution is 2.44. The lowest BCUT2D eigenvalue weighted by atomic mass is 9.66. The molecule has 1 aliphatic rings. The molecule has 0 aromatic rings. The van der Waals surface area contributed by atoms with Gasteiger partial charge in [0, 0.05) is 20.2 Å². The van der Waals surface area contributed by atoms with Crippen LogP contribution in [-0.2, 0) is 4.74 Å². The smallest absolute Gasteiger partial charge is 0.0587 e. The van der Waals surface area contributed by atoms with Crippen LogP contribution in [0.1, 0.15) is 71.1 Å². The molecular formula is C16H33NO. The van der Waals surface area contributed by atoms with Gasteiger partial charge in [0.1, 0.15) is 0 Å². The molecule has 0 aliphatic heterocycles. The standard InChI is InChI=1S/C16H33NO/c1-3-4-5-6-7-8-10-16(11-9-12-16)15-17-13-14-18-2/h17H,3-15H2,1-2H3. The van der Waals surface area contributed by atoms with Crippen molar-refractivity contribution in [3.8, 4) is 0 Å². The van der Waals surface area contributed by atoms with Crippen LogP contribution in [0.2, 0.25) is 0 Å². The van der Waals surface area contributed by atoms with Crippen LogP contribution in [0.3, 0.4) is 0 Å². The Balaban J connectivity index is 2.01. The van der Waals surface area contributed by atoms with E-state index in [9.17, 15) is 0 Å². The van der Waals surface area contributed by atoms with E-state index in [0.29, 0.717) is 5.41 Å². The third-order valence-electron chi connectivity index (χ3n) is 4.46. The molecule has 0 spiro atoms. The Morgan fingerprint density at radius 1 is 1.06 bits per heavy atom. The zero-order valence-electron chi connectivity index (χ0n) is 12.6. The predicted octanol–water partition coefficient (Wildman–Crippen LogP) is 4.14. The minimum Gasteiger partial charge on any atom is -0.383 e. The van der Waals surface area contributed by atoms with Crippen LogP contribution in [0.15, 0.2) is 0 Å². The largest absolute Gasteiger partial charge is 0.383 e. The van der Waals surface area contributed by atoms with Gasteiger partial charge in [-0.1, -0.05) is 51.9 Å². The maximum atomic E-state index is 5.08. The lowest BCUT2D eigenvalue weighted by Gasteiger charge is -2.42. The monoisotopic (exact) mass is 255 g/mol. The van der Waals surface area contributed by atoms with E-state index in [1.807, 2.05) is 0 Å². The summed E-state index contributed by atoms with van der Waals surface area (Å²) in [7, 11) is 1.77. The molecule has 1 saturated carbocycles. The Morgan fingerprint density at radius 3 is 2.39 bits per heavy atom. The average Bonchev–Trinajstić information content (AvgIpc) is 2.34. The molecule has 108 valence electrons. The van der Waals surface area contributed by atoms with Crippen LogP contribution in [0.4, 0.5) is 0 Å². The van der Waals surface area contributed by atoms with E-state index in [1.165, 1.54) is 70.8 Å². The summed E-state index contributed by atoms with van der Waals surface area (Å²) in [4.78, 5) is 0. The first-order chi connectivity index (χ1) is 8.83. The Bertz CT molecular complexity index is 190. The minimum absolute atomic E-state index is 0.651. The molecule has 0 aromatic carbocycles. The number of nitrogens with one attached hydrogen (secondary N) is 1. The van der Waals surface area contributed by atoms with E-state index in [4.69, 9.17) is 4.74 Å². The molecule has 0 atom stereocenters. The number of ether oxygens (including phenoxy) is 1. The van der Waals surface area contributed by atoms with Crippen molar-refractivity contribution in [3.05, 3.63) is 0 Å². The zero-order valence-corrected chi connectivity index (χ0v) is 12.6. The highest BCUT2D eigenvalue weighted by Gasteiger charge is 2.35. The fourth-order valence-electron chi connectivity index (χ4n) is 3.00. The average molecular weight is 255 g/mol. The molecule has 0 unspecified atom stereocenters. The Hall–Kier alpha value is -0.0800. The molecule has 2 heteroatoms. The van der Waals surface area contributed by atoms with Crippen molar-refractivity contribution in [3.63, 3.8) is 0 Å². The first-order valence-electron chi connectivity index (χ1n) is 8.03. The maximum Gasteiger partial charge on any atom is 0.0587 e. The summed E-state index contributed by atoms with van der Waals surface area (Å²) in [6.07, 6.45) is 14.3. The zero-order chi connectivity index (χ0) is 13.1. The van der Waals surface area contributed by atoms with Crippen molar-refractivity contribution in [2.45, 2.75) is 71.1 Å². The van der Waals surface area contributed by atoms with Crippen LogP contribution in [0.5, 0.6) is 0 Å². The summed E-state index contributed by atoms with van der Waals surface area (Å²) in [5.41, 5.74) is 0.651. The highest BCUT2D eigenvalue weighted by atomic mass is 16.5. The molecule has 1 rings (SSSR count). The van der Waals surface area contributed by atoms with Gasteiger partial charge in [0.15, 0.2) is 0 Å². The molecule has 0 heterocycles. The number of unbranched alkanes of at least 4 members (excludes halogenated alkanes) is 5. The fourth-order valence-corrected chi connectivity index (χ4v) is 3.00. The summed E-state index contributed by atoms with van der Waals surface area (Å²) in [6.45, 7) is 5.35. The number of hydrogen-bond donors (Lipinski definition) is 1. The summed E-state index contributed by atoms with van der Waals surface area (Å²) < 4.78 is 5.08. The molecule has 0 amide bonds. The second kappa shape index (κ2) is 9.80. The molecule has 1 N–H and O–H groups in total. The summed E-state index contributed by atoms with van der Waals surface area (Å²) in [5.74, 6) is 0. The second-order valence-electron chi connectivity index (χ2n) is 6.04. The molecule has 0 bridgehead atoms. The summed E-state index contributed by atoms with van der Waals surface area (Å²) in [6, 6.07) is 0. The van der Waals surface area contributed by atoms with E-state index in [-0.39, 0.29) is 0 Å². The minimum atomic E-state index is 0.651. The number of methoxy groups -OCH3 is 1. The summed E-state index contributed by atoms with van der Waals surface area (Å²) in [5, 5.41) is 3.57. The first-order valence-corrected chi connectivity index (χ1v) is 8.03. The third-order valence-corrected chi connectivity index (χ3v) is 4.46. The van der Waals surface area contributed by atoms with Crippen molar-refractivity contribution in [2.75, 3.05) is 26.8 Å². The molecule has 0 radical (unpaired) electrons. The topological polar surface area (TPSA) is 21.3 Å². The SMILES string of the molecule is CCCCCCCCC1(CNCCOC)CCC1. The van der Waals surface area contributed by atoms with Gasteiger partial charge in [-0.25, -0.2) is 0 Å². The van der Waals surface area contributed by atoms with Crippen LogP contribution in [-0.4, -0.2) is 26.8 Å². The van der Waals surface area contributed by atoms with E-state index >= 15 is 0 Å². The lowest BCUT2D eigenvalue weighted by molar-refractivity contribution is 0.107. The maximum absolute atomic E-state index is 5.08. The van der Waals surface area contributed by atoms with Gasteiger partial charge in [0.25, 0.3) is 0 Å². The van der Waals surface area contributed by atoms with Crippen molar-refractivity contribution in [1.29, 1.82) is 0 Å². The highest BCUT2D eigenvalue weighted by molar-refractivity contribution is 4.89. The fraction of sp³-hybridized carbons (Fsp3) is 1.00. The lowest BCUT2D eigenvalue weighted by Crippen LogP contribution is -2.40. The van der Waals surface area contributed by atoms with Crippen LogP contribution >= 0.6 is 0 Å². The van der Waals surface area contributed by atoms with Crippen LogP contribution in [0, 0.1) is 5.41 Å². The van der Waals surface area contributed by atoms with Crippen molar-refractivity contribution in [1.82, 2.24) is 5.32 Å². The Labute approximate surface area is 114 Å². The van der Waals surface area contributed by atoms with Gasteiger partial charge in [-0.15, -0.1) is 0 Å². The molecule has 2 nitrogen and oxygen atoms in total. The van der Waals surface area contributed by atoms with Gasteiger partial charge in [-0.3, -0.25) is 0 Å². The van der Waals surface area contributed by atoms with Crippen molar-refractivity contribution < 1.29 is 4.74 Å². The molecule has 0 aromatic heterocycles. The van der Waals surface area contributed by atoms with Gasteiger partial charge < -0.3 is 10.1 Å². The Kier molecular flexibility index (Phi) is 8.70. The molecule has 18 heavy (non-hydrogen) atoms. The number of rotatable bonds is 12. The molecule has 0 saturated heterocycles. The quantitative estimate of drug-likeness (QED) is 0.529. The van der Waals surface area contributed by atoms with E-state index in [1.54, 1.807) is 7.11 Å². The molecular weight excluding hydrogens is 222 g/mol. The van der Waals surface area contributed by atoms with E-state index in [0.717, 1.165) is 13.2 Å². The van der Waals surface area contributed by atoms with Crippen LogP contribution in [0.25, 0.3) is 0 Å². The molecule has 1 fully saturated rings. The van der Waals surface area contributed by atoms with E-state index in [2.05, 4.69) is 12.2 Å². The van der Waals surface area contributed by atoms with Gasteiger partial charge in [-0.2, -0.15) is 0 Å². The van der Waals surface area contributed by atoms with Gasteiger partial charge in [-0.05, 0) is 24.7 Å². The first kappa shape index (κ1) is 16.0. The normalized spacial score (nSPS) is 17.7. The van der Waals surface area contributed by atoms with Crippen molar-refractivity contribution >= 4 is 0 Å². The van der Waals surface area contributed by atoms with Crippen LogP contribution < -0.4 is 5.32 Å². The Morgan fingerprint density at radius 2 is 1.78 bits per heavy atom. The summed E-state index contributed by atoms with van der Waals surface area (Å²) >= 11 is 0. The number of hydrogen-bond acceptors (Lipinski definition) is 2. The van der Waals surface area contributed by atoms with E-state index < -0.39 is 0 Å². The second-order valence-corrected chi connectivity index (χ2v) is 6.04. The predicted molar refractivity (Wildman–Crippen MR) is 79.0 cm³/mol. The van der Waals surface area contributed by atoms with Gasteiger partial charge in [0.05, 0.1) is 6.61 Å². The molecule has 1 aliphatic carbocycles. The third kappa shape index (κ3) is 6.19. The van der Waals surface area contributed by atoms with Crippen molar-refractivity contribution in [2.24, 2.45) is 5.41 Å². The van der Waals surface area contributed by atoms with Gasteiger partial charge in [0.2, 0.25) is 0 Å². The van der Waals surface area contributed by atoms with Gasteiger partial charge >= 0.3 is 0 Å².